The number of hydrogen-bond donors (Lipinski definition) is 1. The molecule has 1 N–H and O–H groups in total. The van der Waals surface area contributed by atoms with Gasteiger partial charge in [-0.05, 0) is 42.9 Å². The number of pyridine rings is 1. The molecule has 8 heteroatoms. The molecule has 2 aromatic rings. The Hall–Kier alpha value is -2.45. The van der Waals surface area contributed by atoms with E-state index in [1.165, 1.54) is 7.11 Å². The molecule has 150 valence electrons. The van der Waals surface area contributed by atoms with Gasteiger partial charge < -0.3 is 24.3 Å². The van der Waals surface area contributed by atoms with Gasteiger partial charge in [-0.15, -0.1) is 0 Å². The van der Waals surface area contributed by atoms with E-state index in [1.807, 2.05) is 24.3 Å². The number of nitrogens with zero attached hydrogens (tertiary/aromatic N) is 3. The summed E-state index contributed by atoms with van der Waals surface area (Å²) in [5.74, 6) is -0.209. The van der Waals surface area contributed by atoms with Gasteiger partial charge in [0.25, 0.3) is 0 Å². The molecule has 7 nitrogen and oxygen atoms in total. The van der Waals surface area contributed by atoms with Crippen molar-refractivity contribution in [3.63, 3.8) is 0 Å². The van der Waals surface area contributed by atoms with Crippen molar-refractivity contribution in [2.45, 2.75) is 31.5 Å². The number of aromatic nitrogens is 2. The fourth-order valence-electron chi connectivity index (χ4n) is 3.55. The Morgan fingerprint density at radius 1 is 1.25 bits per heavy atom. The molecule has 2 atom stereocenters. The molecule has 0 aliphatic carbocycles. The van der Waals surface area contributed by atoms with E-state index in [1.54, 1.807) is 13.3 Å². The third-order valence-electron chi connectivity index (χ3n) is 4.91. The quantitative estimate of drug-likeness (QED) is 0.510. The summed E-state index contributed by atoms with van der Waals surface area (Å²) in [5.41, 5.74) is 2.07. The van der Waals surface area contributed by atoms with Gasteiger partial charge in [-0.1, -0.05) is 6.07 Å². The molecule has 1 aliphatic heterocycles. The molecular formula is C20H26N4O3S. The number of hydrogen-bond acceptors (Lipinski definition) is 5. The standard InChI is InChI=1S/C20H26N4O3S/c1-26-14-13-23-11-5-8-16(23)19-18(15-7-3-4-10-21-15)22-20(28)24(19)12-6-9-17(25)27-2/h3-5,7-8,10-11,18-19H,6,9,12-14H2,1-2H3,(H,22,28). The summed E-state index contributed by atoms with van der Waals surface area (Å²) in [4.78, 5) is 18.2. The molecule has 0 amide bonds. The highest BCUT2D eigenvalue weighted by molar-refractivity contribution is 7.80. The highest BCUT2D eigenvalue weighted by atomic mass is 32.1. The van der Waals surface area contributed by atoms with Crippen LogP contribution in [0.4, 0.5) is 0 Å². The highest BCUT2D eigenvalue weighted by Gasteiger charge is 2.40. The Morgan fingerprint density at radius 2 is 2.11 bits per heavy atom. The van der Waals surface area contributed by atoms with Crippen molar-refractivity contribution in [1.82, 2.24) is 19.8 Å². The molecule has 1 fully saturated rings. The first-order valence-electron chi connectivity index (χ1n) is 9.34. The zero-order valence-corrected chi connectivity index (χ0v) is 17.0. The maximum absolute atomic E-state index is 11.5. The Morgan fingerprint density at radius 3 is 2.82 bits per heavy atom. The fourth-order valence-corrected chi connectivity index (χ4v) is 3.88. The average molecular weight is 403 g/mol. The van der Waals surface area contributed by atoms with Gasteiger partial charge in [0.1, 0.15) is 0 Å². The summed E-state index contributed by atoms with van der Waals surface area (Å²) in [6, 6.07) is 9.95. The predicted molar refractivity (Wildman–Crippen MR) is 110 cm³/mol. The molecule has 0 bridgehead atoms. The van der Waals surface area contributed by atoms with Crippen LogP contribution in [0.1, 0.15) is 36.3 Å². The second-order valence-electron chi connectivity index (χ2n) is 6.62. The van der Waals surface area contributed by atoms with Crippen LogP contribution >= 0.6 is 12.2 Å². The van der Waals surface area contributed by atoms with Gasteiger partial charge in [-0.25, -0.2) is 0 Å². The Balaban J connectivity index is 1.88. The smallest absolute Gasteiger partial charge is 0.305 e. The largest absolute Gasteiger partial charge is 0.469 e. The van der Waals surface area contributed by atoms with E-state index in [0.29, 0.717) is 31.1 Å². The van der Waals surface area contributed by atoms with Crippen molar-refractivity contribution in [3.05, 3.63) is 54.1 Å². The van der Waals surface area contributed by atoms with Crippen LogP contribution in [0.15, 0.2) is 42.7 Å². The lowest BCUT2D eigenvalue weighted by molar-refractivity contribution is -0.140. The monoisotopic (exact) mass is 402 g/mol. The number of rotatable bonds is 9. The van der Waals surface area contributed by atoms with E-state index >= 15 is 0 Å². The summed E-state index contributed by atoms with van der Waals surface area (Å²) < 4.78 is 12.2. The lowest BCUT2D eigenvalue weighted by atomic mass is 10.0. The molecule has 0 saturated carbocycles. The maximum atomic E-state index is 11.5. The second kappa shape index (κ2) is 9.66. The van der Waals surface area contributed by atoms with E-state index in [4.69, 9.17) is 21.7 Å². The predicted octanol–water partition coefficient (Wildman–Crippen LogP) is 2.46. The summed E-state index contributed by atoms with van der Waals surface area (Å²) >= 11 is 5.64. The molecule has 28 heavy (non-hydrogen) atoms. The number of carbonyl (C=O) groups is 1. The maximum Gasteiger partial charge on any atom is 0.305 e. The minimum atomic E-state index is -0.209. The number of esters is 1. The van der Waals surface area contributed by atoms with Gasteiger partial charge >= 0.3 is 5.97 Å². The molecule has 1 aliphatic rings. The van der Waals surface area contributed by atoms with E-state index in [-0.39, 0.29) is 18.1 Å². The van der Waals surface area contributed by atoms with Crippen LogP contribution in [0.2, 0.25) is 0 Å². The zero-order chi connectivity index (χ0) is 19.9. The molecule has 3 heterocycles. The molecule has 2 unspecified atom stereocenters. The van der Waals surface area contributed by atoms with Crippen LogP contribution in [-0.2, 0) is 20.8 Å². The van der Waals surface area contributed by atoms with Crippen LogP contribution in [-0.4, -0.2) is 52.9 Å². The zero-order valence-electron chi connectivity index (χ0n) is 16.2. The minimum Gasteiger partial charge on any atom is -0.469 e. The molecule has 0 aromatic carbocycles. The normalized spacial score (nSPS) is 18.9. The van der Waals surface area contributed by atoms with E-state index in [9.17, 15) is 4.79 Å². The number of methoxy groups -OCH3 is 2. The van der Waals surface area contributed by atoms with E-state index in [2.05, 4.69) is 32.0 Å². The van der Waals surface area contributed by atoms with Gasteiger partial charge in [-0.2, -0.15) is 0 Å². The first kappa shape index (κ1) is 20.3. The Labute approximate surface area is 170 Å². The molecular weight excluding hydrogens is 376 g/mol. The first-order chi connectivity index (χ1) is 13.7. The van der Waals surface area contributed by atoms with Crippen molar-refractivity contribution in [2.24, 2.45) is 0 Å². The highest BCUT2D eigenvalue weighted by Crippen LogP contribution is 2.38. The van der Waals surface area contributed by atoms with Crippen molar-refractivity contribution >= 4 is 23.3 Å². The summed E-state index contributed by atoms with van der Waals surface area (Å²) in [7, 11) is 3.11. The van der Waals surface area contributed by atoms with Gasteiger partial charge in [-0.3, -0.25) is 9.78 Å². The molecule has 0 radical (unpaired) electrons. The SMILES string of the molecule is COCCn1cccc1C1C(c2ccccn2)NC(=S)N1CCCC(=O)OC. The Kier molecular flexibility index (Phi) is 7.00. The van der Waals surface area contributed by atoms with Crippen molar-refractivity contribution in [2.75, 3.05) is 27.4 Å². The van der Waals surface area contributed by atoms with Crippen molar-refractivity contribution in [1.29, 1.82) is 0 Å². The van der Waals surface area contributed by atoms with Crippen molar-refractivity contribution < 1.29 is 14.3 Å². The van der Waals surface area contributed by atoms with Gasteiger partial charge in [0, 0.05) is 44.7 Å². The van der Waals surface area contributed by atoms with Crippen LogP contribution in [0.25, 0.3) is 0 Å². The number of thiocarbonyl (C=S) groups is 1. The summed E-state index contributed by atoms with van der Waals surface area (Å²) in [6.45, 7) is 2.04. The average Bonchev–Trinajstić information content (AvgIpc) is 3.31. The number of nitrogens with one attached hydrogen (secondary N) is 1. The fraction of sp³-hybridized carbons (Fsp3) is 0.450. The van der Waals surface area contributed by atoms with E-state index < -0.39 is 0 Å². The summed E-state index contributed by atoms with van der Waals surface area (Å²) in [5, 5.41) is 4.10. The van der Waals surface area contributed by atoms with Crippen molar-refractivity contribution in [3.8, 4) is 0 Å². The third kappa shape index (κ3) is 4.51. The van der Waals surface area contributed by atoms with Crippen LogP contribution in [0, 0.1) is 0 Å². The van der Waals surface area contributed by atoms with E-state index in [0.717, 1.165) is 17.9 Å². The topological polar surface area (TPSA) is 68.6 Å². The lowest BCUT2D eigenvalue weighted by Crippen LogP contribution is -2.32. The van der Waals surface area contributed by atoms with Crippen LogP contribution < -0.4 is 5.32 Å². The number of carbonyl (C=O) groups excluding carboxylic acids is 1. The third-order valence-corrected chi connectivity index (χ3v) is 5.26. The molecule has 1 saturated heterocycles. The molecule has 0 spiro atoms. The molecule has 3 rings (SSSR count). The first-order valence-corrected chi connectivity index (χ1v) is 9.75. The van der Waals surface area contributed by atoms with Gasteiger partial charge in [0.15, 0.2) is 5.11 Å². The Bertz CT molecular complexity index is 796. The van der Waals surface area contributed by atoms with Gasteiger partial charge in [0.05, 0.1) is 31.5 Å². The summed E-state index contributed by atoms with van der Waals surface area (Å²) in [6.07, 6.45) is 4.87. The number of ether oxygens (including phenoxy) is 2. The van der Waals surface area contributed by atoms with Gasteiger partial charge in [0.2, 0.25) is 0 Å². The van der Waals surface area contributed by atoms with Crippen LogP contribution in [0.5, 0.6) is 0 Å². The molecule has 2 aromatic heterocycles. The second-order valence-corrected chi connectivity index (χ2v) is 7.01. The lowest BCUT2D eigenvalue weighted by Gasteiger charge is -2.28. The van der Waals surface area contributed by atoms with Crippen LogP contribution in [0.3, 0.4) is 0 Å². The minimum absolute atomic E-state index is 0.0214.